The number of hydrogen-bond donors (Lipinski definition) is 1. The number of rotatable bonds is 5. The van der Waals surface area contributed by atoms with Crippen LogP contribution in [0.2, 0.25) is 5.02 Å². The van der Waals surface area contributed by atoms with Gasteiger partial charge in [0.05, 0.1) is 9.80 Å². The van der Waals surface area contributed by atoms with Gasteiger partial charge in [0.25, 0.3) is 0 Å². The van der Waals surface area contributed by atoms with Crippen molar-refractivity contribution in [3.63, 3.8) is 0 Å². The molecule has 26 heavy (non-hydrogen) atoms. The third-order valence-electron chi connectivity index (χ3n) is 3.97. The van der Waals surface area contributed by atoms with Crippen LogP contribution >= 0.6 is 11.6 Å². The minimum atomic E-state index is -3.71. The Bertz CT molecular complexity index is 1030. The number of nitrogens with one attached hydrogen (secondary N) is 1. The van der Waals surface area contributed by atoms with E-state index < -0.39 is 9.84 Å². The van der Waals surface area contributed by atoms with Gasteiger partial charge in [-0.15, -0.1) is 0 Å². The van der Waals surface area contributed by atoms with Gasteiger partial charge in [0.1, 0.15) is 0 Å². The summed E-state index contributed by atoms with van der Waals surface area (Å²) < 4.78 is 26.7. The molecule has 0 aliphatic heterocycles. The number of para-hydroxylation sites is 1. The Labute approximate surface area is 158 Å². The average Bonchev–Trinajstić information content (AvgIpc) is 2.68. The molecule has 3 rings (SSSR count). The van der Waals surface area contributed by atoms with Gasteiger partial charge in [0.2, 0.25) is 9.84 Å². The SMILES string of the molecule is CNc1ccccc1/C(=C\c1ccc(Cl)cc1)S(=O)(=O)c1ccccc1. The van der Waals surface area contributed by atoms with Crippen LogP contribution in [0.15, 0.2) is 83.8 Å². The summed E-state index contributed by atoms with van der Waals surface area (Å²) in [6.45, 7) is 0. The summed E-state index contributed by atoms with van der Waals surface area (Å²) in [5.74, 6) is 0. The van der Waals surface area contributed by atoms with Crippen molar-refractivity contribution in [2.75, 3.05) is 12.4 Å². The molecular weight excluding hydrogens is 366 g/mol. The quantitative estimate of drug-likeness (QED) is 0.604. The van der Waals surface area contributed by atoms with E-state index in [1.54, 1.807) is 73.8 Å². The summed E-state index contributed by atoms with van der Waals surface area (Å²) in [5.41, 5.74) is 2.12. The Morgan fingerprint density at radius 1 is 0.885 bits per heavy atom. The summed E-state index contributed by atoms with van der Waals surface area (Å²) in [5, 5.41) is 3.67. The maximum absolute atomic E-state index is 13.4. The molecule has 0 aliphatic rings. The van der Waals surface area contributed by atoms with E-state index >= 15 is 0 Å². The average molecular weight is 384 g/mol. The van der Waals surface area contributed by atoms with Crippen LogP contribution in [0.3, 0.4) is 0 Å². The van der Waals surface area contributed by atoms with E-state index in [2.05, 4.69) is 5.32 Å². The molecule has 3 nitrogen and oxygen atoms in total. The Hall–Kier alpha value is -2.56. The van der Waals surface area contributed by atoms with Crippen LogP contribution in [0.1, 0.15) is 11.1 Å². The molecule has 1 N–H and O–H groups in total. The molecule has 5 heteroatoms. The van der Waals surface area contributed by atoms with E-state index in [1.165, 1.54) is 0 Å². The maximum atomic E-state index is 13.4. The van der Waals surface area contributed by atoms with Gasteiger partial charge in [0, 0.05) is 23.3 Å². The second-order valence-electron chi connectivity index (χ2n) is 5.67. The normalized spacial score (nSPS) is 12.0. The van der Waals surface area contributed by atoms with Gasteiger partial charge in [-0.25, -0.2) is 8.42 Å². The number of benzene rings is 3. The number of hydrogen-bond acceptors (Lipinski definition) is 3. The monoisotopic (exact) mass is 383 g/mol. The highest BCUT2D eigenvalue weighted by atomic mass is 35.5. The number of sulfone groups is 1. The highest BCUT2D eigenvalue weighted by molar-refractivity contribution is 8.00. The molecule has 0 saturated carbocycles. The zero-order valence-electron chi connectivity index (χ0n) is 14.2. The van der Waals surface area contributed by atoms with E-state index in [9.17, 15) is 8.42 Å². The van der Waals surface area contributed by atoms with E-state index in [0.29, 0.717) is 10.6 Å². The molecule has 0 spiro atoms. The lowest BCUT2D eigenvalue weighted by atomic mass is 10.1. The van der Waals surface area contributed by atoms with Crippen molar-refractivity contribution in [2.45, 2.75) is 4.90 Å². The van der Waals surface area contributed by atoms with E-state index in [-0.39, 0.29) is 9.80 Å². The van der Waals surface area contributed by atoms with Crippen molar-refractivity contribution in [1.82, 2.24) is 0 Å². The number of halogens is 1. The van der Waals surface area contributed by atoms with Gasteiger partial charge in [-0.1, -0.05) is 60.1 Å². The zero-order chi connectivity index (χ0) is 18.6. The van der Waals surface area contributed by atoms with Crippen molar-refractivity contribution in [2.24, 2.45) is 0 Å². The van der Waals surface area contributed by atoms with E-state index in [4.69, 9.17) is 11.6 Å². The predicted molar refractivity (Wildman–Crippen MR) is 109 cm³/mol. The lowest BCUT2D eigenvalue weighted by molar-refractivity contribution is 0.606. The summed E-state index contributed by atoms with van der Waals surface area (Å²) in [4.78, 5) is 0.488. The van der Waals surface area contributed by atoms with Crippen LogP contribution in [-0.4, -0.2) is 15.5 Å². The minimum Gasteiger partial charge on any atom is -0.388 e. The molecule has 0 bridgehead atoms. The molecule has 0 saturated heterocycles. The first kappa shape index (κ1) is 18.2. The van der Waals surface area contributed by atoms with E-state index in [1.807, 2.05) is 18.2 Å². The third kappa shape index (κ3) is 3.82. The van der Waals surface area contributed by atoms with Crippen LogP contribution in [0.5, 0.6) is 0 Å². The largest absolute Gasteiger partial charge is 0.388 e. The molecule has 0 aliphatic carbocycles. The molecule has 3 aromatic carbocycles. The van der Waals surface area contributed by atoms with Crippen molar-refractivity contribution in [1.29, 1.82) is 0 Å². The Morgan fingerprint density at radius 3 is 2.15 bits per heavy atom. The van der Waals surface area contributed by atoms with Crippen LogP contribution in [0.25, 0.3) is 11.0 Å². The standard InChI is InChI=1S/C21H18ClNO2S/c1-23-20-10-6-5-9-19(20)21(15-16-11-13-17(22)14-12-16)26(24,25)18-7-3-2-4-8-18/h2-15,23H,1H3/b21-15+. The predicted octanol–water partition coefficient (Wildman–Crippen LogP) is 5.35. The van der Waals surface area contributed by atoms with Gasteiger partial charge in [-0.3, -0.25) is 0 Å². The van der Waals surface area contributed by atoms with Crippen molar-refractivity contribution in [3.05, 3.63) is 95.0 Å². The van der Waals surface area contributed by atoms with Gasteiger partial charge in [-0.2, -0.15) is 0 Å². The molecule has 0 atom stereocenters. The lowest BCUT2D eigenvalue weighted by Gasteiger charge is -2.14. The fourth-order valence-electron chi connectivity index (χ4n) is 2.65. The first-order chi connectivity index (χ1) is 12.5. The van der Waals surface area contributed by atoms with E-state index in [0.717, 1.165) is 11.3 Å². The second kappa shape index (κ2) is 7.77. The highest BCUT2D eigenvalue weighted by Gasteiger charge is 2.24. The van der Waals surface area contributed by atoms with Gasteiger partial charge < -0.3 is 5.32 Å². The second-order valence-corrected chi connectivity index (χ2v) is 8.03. The van der Waals surface area contributed by atoms with Crippen LogP contribution in [-0.2, 0) is 9.84 Å². The number of anilines is 1. The molecule has 0 fully saturated rings. The first-order valence-corrected chi connectivity index (χ1v) is 9.93. The smallest absolute Gasteiger partial charge is 0.207 e. The minimum absolute atomic E-state index is 0.232. The fourth-order valence-corrected chi connectivity index (χ4v) is 4.31. The van der Waals surface area contributed by atoms with Crippen molar-refractivity contribution >= 4 is 38.1 Å². The molecule has 0 aromatic heterocycles. The molecule has 0 amide bonds. The van der Waals surface area contributed by atoms with Crippen molar-refractivity contribution < 1.29 is 8.42 Å². The van der Waals surface area contributed by atoms with Crippen LogP contribution < -0.4 is 5.32 Å². The first-order valence-electron chi connectivity index (χ1n) is 8.07. The molecular formula is C21H18ClNO2S. The molecule has 0 heterocycles. The Morgan fingerprint density at radius 2 is 1.50 bits per heavy atom. The Balaban J connectivity index is 2.24. The maximum Gasteiger partial charge on any atom is 0.207 e. The highest BCUT2D eigenvalue weighted by Crippen LogP contribution is 2.34. The summed E-state index contributed by atoms with van der Waals surface area (Å²) >= 11 is 5.95. The van der Waals surface area contributed by atoms with Gasteiger partial charge in [0.15, 0.2) is 0 Å². The molecule has 0 unspecified atom stereocenters. The van der Waals surface area contributed by atoms with Gasteiger partial charge >= 0.3 is 0 Å². The van der Waals surface area contributed by atoms with Gasteiger partial charge in [-0.05, 0) is 42.0 Å². The topological polar surface area (TPSA) is 46.2 Å². The Kier molecular flexibility index (Phi) is 5.45. The fraction of sp³-hybridized carbons (Fsp3) is 0.0476. The molecule has 132 valence electrons. The summed E-state index contributed by atoms with van der Waals surface area (Å²) in [6, 6.07) is 22.9. The third-order valence-corrected chi connectivity index (χ3v) is 6.03. The lowest BCUT2D eigenvalue weighted by Crippen LogP contribution is -2.06. The van der Waals surface area contributed by atoms with Crippen LogP contribution in [0, 0.1) is 0 Å². The summed E-state index contributed by atoms with van der Waals surface area (Å²) in [7, 11) is -1.94. The molecule has 3 aromatic rings. The summed E-state index contributed by atoms with van der Waals surface area (Å²) in [6.07, 6.45) is 1.68. The zero-order valence-corrected chi connectivity index (χ0v) is 15.8. The molecule has 0 radical (unpaired) electrons. The van der Waals surface area contributed by atoms with Crippen molar-refractivity contribution in [3.8, 4) is 0 Å². The van der Waals surface area contributed by atoms with Crippen LogP contribution in [0.4, 0.5) is 5.69 Å².